The number of nitrogens with zero attached hydrogens (tertiary/aromatic N) is 2. The van der Waals surface area contributed by atoms with Gasteiger partial charge in [0.15, 0.2) is 5.82 Å². The molecule has 1 aromatic rings. The van der Waals surface area contributed by atoms with Crippen LogP contribution in [0.15, 0.2) is 4.52 Å². The van der Waals surface area contributed by atoms with Gasteiger partial charge in [-0.05, 0) is 38.3 Å². The predicted molar refractivity (Wildman–Crippen MR) is 68.4 cm³/mol. The molecule has 1 aliphatic heterocycles. The van der Waals surface area contributed by atoms with E-state index < -0.39 is 0 Å². The first-order valence-electron chi connectivity index (χ1n) is 6.98. The summed E-state index contributed by atoms with van der Waals surface area (Å²) in [7, 11) is 0. The number of ether oxygens (including phenoxy) is 1. The smallest absolute Gasteiger partial charge is 0.228 e. The van der Waals surface area contributed by atoms with Crippen molar-refractivity contribution in [1.29, 1.82) is 0 Å². The van der Waals surface area contributed by atoms with Crippen molar-refractivity contribution in [3.63, 3.8) is 0 Å². The summed E-state index contributed by atoms with van der Waals surface area (Å²) in [4.78, 5) is 4.42. The Labute approximate surface area is 108 Å². The van der Waals surface area contributed by atoms with Gasteiger partial charge in [-0.1, -0.05) is 12.1 Å². The molecule has 2 rings (SSSR count). The Morgan fingerprint density at radius 1 is 1.44 bits per heavy atom. The highest BCUT2D eigenvalue weighted by Gasteiger charge is 2.16. The molecule has 0 bridgehead atoms. The van der Waals surface area contributed by atoms with Gasteiger partial charge in [-0.25, -0.2) is 0 Å². The number of aromatic nitrogens is 2. The Morgan fingerprint density at radius 2 is 2.39 bits per heavy atom. The number of hydrogen-bond donors (Lipinski definition) is 1. The normalized spacial score (nSPS) is 20.2. The first-order chi connectivity index (χ1) is 8.88. The van der Waals surface area contributed by atoms with Gasteiger partial charge in [0.1, 0.15) is 0 Å². The lowest BCUT2D eigenvalue weighted by Gasteiger charge is -2.20. The van der Waals surface area contributed by atoms with Gasteiger partial charge in [0.05, 0.1) is 13.0 Å². The predicted octanol–water partition coefficient (Wildman–Crippen LogP) is 1.58. The minimum Gasteiger partial charge on any atom is -0.381 e. The van der Waals surface area contributed by atoms with E-state index in [-0.39, 0.29) is 0 Å². The molecule has 1 aliphatic rings. The van der Waals surface area contributed by atoms with E-state index in [4.69, 9.17) is 9.26 Å². The second-order valence-corrected chi connectivity index (χ2v) is 4.88. The van der Waals surface area contributed by atoms with Gasteiger partial charge in [0, 0.05) is 13.0 Å². The first-order valence-corrected chi connectivity index (χ1v) is 6.98. The molecule has 0 amide bonds. The molecule has 1 aromatic heterocycles. The van der Waals surface area contributed by atoms with Crippen molar-refractivity contribution in [2.75, 3.05) is 26.3 Å². The number of nitrogens with one attached hydrogen (secondary N) is 1. The van der Waals surface area contributed by atoms with Crippen LogP contribution in [0.25, 0.3) is 0 Å². The van der Waals surface area contributed by atoms with Gasteiger partial charge in [-0.2, -0.15) is 4.98 Å². The summed E-state index contributed by atoms with van der Waals surface area (Å²) in [6, 6.07) is 0. The molecule has 0 spiro atoms. The van der Waals surface area contributed by atoms with Crippen LogP contribution < -0.4 is 5.32 Å². The molecule has 0 aromatic carbocycles. The molecular weight excluding hydrogens is 230 g/mol. The lowest BCUT2D eigenvalue weighted by molar-refractivity contribution is 0.132. The molecule has 5 heteroatoms. The fraction of sp³-hybridized carbons (Fsp3) is 0.846. The third-order valence-corrected chi connectivity index (χ3v) is 3.19. The second kappa shape index (κ2) is 7.48. The van der Waals surface area contributed by atoms with Gasteiger partial charge in [0.25, 0.3) is 0 Å². The zero-order chi connectivity index (χ0) is 12.6. The molecular formula is C13H23N3O2. The maximum Gasteiger partial charge on any atom is 0.228 e. The van der Waals surface area contributed by atoms with Crippen LogP contribution >= 0.6 is 0 Å². The summed E-state index contributed by atoms with van der Waals surface area (Å²) in [6.45, 7) is 5.78. The Balaban J connectivity index is 1.71. The van der Waals surface area contributed by atoms with E-state index in [0.29, 0.717) is 18.4 Å². The van der Waals surface area contributed by atoms with Crippen LogP contribution in [-0.4, -0.2) is 36.4 Å². The van der Waals surface area contributed by atoms with Crippen molar-refractivity contribution < 1.29 is 9.26 Å². The summed E-state index contributed by atoms with van der Waals surface area (Å²) in [5.41, 5.74) is 0. The molecule has 0 aliphatic carbocycles. The van der Waals surface area contributed by atoms with Crippen molar-refractivity contribution in [2.24, 2.45) is 5.92 Å². The van der Waals surface area contributed by atoms with Gasteiger partial charge in [-0.15, -0.1) is 0 Å². The largest absolute Gasteiger partial charge is 0.381 e. The van der Waals surface area contributed by atoms with Gasteiger partial charge >= 0.3 is 0 Å². The Morgan fingerprint density at radius 3 is 3.17 bits per heavy atom. The summed E-state index contributed by atoms with van der Waals surface area (Å²) in [5.74, 6) is 2.19. The van der Waals surface area contributed by atoms with Crippen LogP contribution in [0.3, 0.4) is 0 Å². The van der Waals surface area contributed by atoms with E-state index in [2.05, 4.69) is 22.4 Å². The fourth-order valence-electron chi connectivity index (χ4n) is 2.24. The van der Waals surface area contributed by atoms with Crippen molar-refractivity contribution >= 4 is 0 Å². The van der Waals surface area contributed by atoms with Crippen molar-refractivity contribution in [2.45, 2.75) is 39.0 Å². The topological polar surface area (TPSA) is 60.2 Å². The first kappa shape index (κ1) is 13.5. The Hall–Kier alpha value is -0.940. The van der Waals surface area contributed by atoms with Gasteiger partial charge in [0.2, 0.25) is 5.89 Å². The highest BCUT2D eigenvalue weighted by molar-refractivity contribution is 4.89. The van der Waals surface area contributed by atoms with Crippen molar-refractivity contribution in [3.05, 3.63) is 11.7 Å². The lowest BCUT2D eigenvalue weighted by Crippen LogP contribution is -2.31. The fourth-order valence-corrected chi connectivity index (χ4v) is 2.24. The third-order valence-electron chi connectivity index (χ3n) is 3.19. The van der Waals surface area contributed by atoms with E-state index in [0.717, 1.165) is 44.8 Å². The summed E-state index contributed by atoms with van der Waals surface area (Å²) in [6.07, 6.45) is 5.20. The van der Waals surface area contributed by atoms with Crippen LogP contribution in [0.4, 0.5) is 0 Å². The van der Waals surface area contributed by atoms with E-state index in [1.165, 1.54) is 12.8 Å². The molecule has 5 nitrogen and oxygen atoms in total. The molecule has 0 saturated carbocycles. The minimum atomic E-state index is 0.653. The molecule has 1 saturated heterocycles. The lowest BCUT2D eigenvalue weighted by atomic mass is 9.96. The summed E-state index contributed by atoms with van der Waals surface area (Å²) < 4.78 is 10.6. The van der Waals surface area contributed by atoms with Crippen molar-refractivity contribution in [1.82, 2.24) is 15.5 Å². The van der Waals surface area contributed by atoms with Crippen LogP contribution in [0.5, 0.6) is 0 Å². The molecule has 1 N–H and O–H groups in total. The molecule has 1 atom stereocenters. The zero-order valence-electron chi connectivity index (χ0n) is 11.2. The van der Waals surface area contributed by atoms with Crippen LogP contribution in [0, 0.1) is 5.92 Å². The Kier molecular flexibility index (Phi) is 5.61. The van der Waals surface area contributed by atoms with Crippen LogP contribution in [-0.2, 0) is 17.6 Å². The third kappa shape index (κ3) is 4.38. The maximum absolute atomic E-state index is 5.41. The number of rotatable bonds is 7. The zero-order valence-corrected chi connectivity index (χ0v) is 11.2. The van der Waals surface area contributed by atoms with Gasteiger partial charge in [-0.3, -0.25) is 0 Å². The molecule has 0 radical (unpaired) electrons. The minimum absolute atomic E-state index is 0.653. The SMILES string of the molecule is CCCOCCc1nc(CC2CCCNC2)no1. The average Bonchev–Trinajstić information content (AvgIpc) is 2.84. The van der Waals surface area contributed by atoms with Gasteiger partial charge < -0.3 is 14.6 Å². The van der Waals surface area contributed by atoms with E-state index in [9.17, 15) is 0 Å². The molecule has 18 heavy (non-hydrogen) atoms. The molecule has 102 valence electrons. The maximum atomic E-state index is 5.41. The van der Waals surface area contributed by atoms with Crippen LogP contribution in [0.1, 0.15) is 37.9 Å². The monoisotopic (exact) mass is 253 g/mol. The summed E-state index contributed by atoms with van der Waals surface area (Å²) >= 11 is 0. The standard InChI is InChI=1S/C13H23N3O2/c1-2-7-17-8-5-13-15-12(16-18-13)9-11-4-3-6-14-10-11/h11,14H,2-10H2,1H3. The van der Waals surface area contributed by atoms with E-state index in [1.54, 1.807) is 0 Å². The van der Waals surface area contributed by atoms with Crippen LogP contribution in [0.2, 0.25) is 0 Å². The summed E-state index contributed by atoms with van der Waals surface area (Å²) in [5, 5.41) is 7.44. The quantitative estimate of drug-likeness (QED) is 0.748. The molecule has 1 fully saturated rings. The highest BCUT2D eigenvalue weighted by Crippen LogP contribution is 2.14. The van der Waals surface area contributed by atoms with E-state index in [1.807, 2.05) is 0 Å². The number of hydrogen-bond acceptors (Lipinski definition) is 5. The Bertz CT molecular complexity index is 335. The molecule has 2 heterocycles. The number of piperidine rings is 1. The highest BCUT2D eigenvalue weighted by atomic mass is 16.5. The second-order valence-electron chi connectivity index (χ2n) is 4.88. The molecule has 1 unspecified atom stereocenters. The average molecular weight is 253 g/mol. The van der Waals surface area contributed by atoms with E-state index >= 15 is 0 Å². The van der Waals surface area contributed by atoms with Crippen molar-refractivity contribution in [3.8, 4) is 0 Å².